The Morgan fingerprint density at radius 1 is 1.25 bits per heavy atom. The summed E-state index contributed by atoms with van der Waals surface area (Å²) in [6, 6.07) is 0.643. The van der Waals surface area contributed by atoms with E-state index in [9.17, 15) is 5.11 Å². The molecule has 0 radical (unpaired) electrons. The average molecular weight is 227 g/mol. The van der Waals surface area contributed by atoms with E-state index >= 15 is 0 Å². The third kappa shape index (κ3) is 3.44. The molecular weight excluding hydrogens is 202 g/mol. The van der Waals surface area contributed by atoms with Crippen molar-refractivity contribution in [2.75, 3.05) is 19.8 Å². The Labute approximate surface area is 98.6 Å². The fourth-order valence-corrected chi connectivity index (χ4v) is 2.95. The number of nitrogens with one attached hydrogen (secondary N) is 1. The van der Waals surface area contributed by atoms with Crippen LogP contribution in [0.5, 0.6) is 0 Å². The lowest BCUT2D eigenvalue weighted by atomic mass is 9.94. The van der Waals surface area contributed by atoms with Gasteiger partial charge in [-0.25, -0.2) is 0 Å². The zero-order valence-corrected chi connectivity index (χ0v) is 10.3. The first kappa shape index (κ1) is 12.3. The van der Waals surface area contributed by atoms with Gasteiger partial charge in [0.2, 0.25) is 0 Å². The highest BCUT2D eigenvalue weighted by molar-refractivity contribution is 4.81. The van der Waals surface area contributed by atoms with E-state index in [2.05, 4.69) is 12.2 Å². The summed E-state index contributed by atoms with van der Waals surface area (Å²) in [6.07, 6.45) is 5.75. The molecule has 1 saturated carbocycles. The van der Waals surface area contributed by atoms with Crippen molar-refractivity contribution in [3.05, 3.63) is 0 Å². The minimum atomic E-state index is -0.181. The number of hydrogen-bond donors (Lipinski definition) is 2. The zero-order chi connectivity index (χ0) is 11.4. The van der Waals surface area contributed by atoms with E-state index in [4.69, 9.17) is 4.74 Å². The molecule has 16 heavy (non-hydrogen) atoms. The fraction of sp³-hybridized carbons (Fsp3) is 1.00. The minimum Gasteiger partial charge on any atom is -0.392 e. The summed E-state index contributed by atoms with van der Waals surface area (Å²) >= 11 is 0. The fourth-order valence-electron chi connectivity index (χ4n) is 2.95. The van der Waals surface area contributed by atoms with Crippen LogP contribution in [-0.2, 0) is 4.74 Å². The smallest absolute Gasteiger partial charge is 0.0694 e. The van der Waals surface area contributed by atoms with Crippen LogP contribution in [0.15, 0.2) is 0 Å². The number of hydrogen-bond acceptors (Lipinski definition) is 3. The second-order valence-electron chi connectivity index (χ2n) is 5.54. The van der Waals surface area contributed by atoms with Gasteiger partial charge >= 0.3 is 0 Å². The van der Waals surface area contributed by atoms with E-state index in [0.717, 1.165) is 38.5 Å². The average Bonchev–Trinajstić information content (AvgIpc) is 2.73. The molecule has 94 valence electrons. The lowest BCUT2D eigenvalue weighted by molar-refractivity contribution is 0.00767. The van der Waals surface area contributed by atoms with Crippen LogP contribution < -0.4 is 5.32 Å². The Bertz CT molecular complexity index is 204. The van der Waals surface area contributed by atoms with Gasteiger partial charge in [0.25, 0.3) is 0 Å². The molecule has 3 nitrogen and oxygen atoms in total. The zero-order valence-electron chi connectivity index (χ0n) is 10.3. The quantitative estimate of drug-likeness (QED) is 0.765. The van der Waals surface area contributed by atoms with Gasteiger partial charge in [-0.2, -0.15) is 0 Å². The van der Waals surface area contributed by atoms with Crippen molar-refractivity contribution < 1.29 is 9.84 Å². The summed E-state index contributed by atoms with van der Waals surface area (Å²) in [5, 5.41) is 13.6. The first-order valence-corrected chi connectivity index (χ1v) is 6.75. The van der Waals surface area contributed by atoms with Gasteiger partial charge in [-0.1, -0.05) is 6.92 Å². The van der Waals surface area contributed by atoms with Crippen molar-refractivity contribution in [1.29, 1.82) is 0 Å². The Balaban J connectivity index is 1.64. The molecule has 0 aromatic heterocycles. The van der Waals surface area contributed by atoms with E-state index < -0.39 is 0 Å². The molecule has 3 heteroatoms. The minimum absolute atomic E-state index is 0.181. The maximum atomic E-state index is 10.1. The SMILES string of the molecule is CC1CCC(NCC(O)C2CCOCC2)C1. The van der Waals surface area contributed by atoms with Crippen LogP contribution in [0, 0.1) is 11.8 Å². The summed E-state index contributed by atoms with van der Waals surface area (Å²) < 4.78 is 5.31. The van der Waals surface area contributed by atoms with Gasteiger partial charge in [-0.05, 0) is 43.9 Å². The van der Waals surface area contributed by atoms with Crippen molar-refractivity contribution in [2.45, 2.75) is 51.2 Å². The molecule has 0 bridgehead atoms. The molecule has 2 fully saturated rings. The van der Waals surface area contributed by atoms with Crippen LogP contribution in [0.1, 0.15) is 39.0 Å². The summed E-state index contributed by atoms with van der Waals surface area (Å²) in [5.41, 5.74) is 0. The maximum absolute atomic E-state index is 10.1. The van der Waals surface area contributed by atoms with E-state index in [1.165, 1.54) is 19.3 Å². The predicted octanol–water partition coefficient (Wildman–Crippen LogP) is 1.55. The third-order valence-corrected chi connectivity index (χ3v) is 4.12. The van der Waals surface area contributed by atoms with Gasteiger partial charge in [-0.15, -0.1) is 0 Å². The number of aliphatic hydroxyl groups excluding tert-OH is 1. The summed E-state index contributed by atoms with van der Waals surface area (Å²) in [7, 11) is 0. The van der Waals surface area contributed by atoms with Crippen molar-refractivity contribution in [3.8, 4) is 0 Å². The third-order valence-electron chi connectivity index (χ3n) is 4.12. The molecule has 1 heterocycles. The van der Waals surface area contributed by atoms with Gasteiger partial charge in [0.1, 0.15) is 0 Å². The summed E-state index contributed by atoms with van der Waals surface area (Å²) in [4.78, 5) is 0. The molecule has 1 saturated heterocycles. The lowest BCUT2D eigenvalue weighted by Crippen LogP contribution is -2.39. The molecule has 3 atom stereocenters. The monoisotopic (exact) mass is 227 g/mol. The first-order chi connectivity index (χ1) is 7.75. The van der Waals surface area contributed by atoms with Gasteiger partial charge < -0.3 is 15.2 Å². The van der Waals surface area contributed by atoms with Gasteiger partial charge in [0.05, 0.1) is 6.10 Å². The molecule has 0 aromatic rings. The highest BCUT2D eigenvalue weighted by Gasteiger charge is 2.25. The van der Waals surface area contributed by atoms with Crippen molar-refractivity contribution in [2.24, 2.45) is 11.8 Å². The van der Waals surface area contributed by atoms with Crippen LogP contribution in [0.3, 0.4) is 0 Å². The summed E-state index contributed by atoms with van der Waals surface area (Å²) in [5.74, 6) is 1.30. The normalized spacial score (nSPS) is 34.1. The lowest BCUT2D eigenvalue weighted by Gasteiger charge is -2.27. The topological polar surface area (TPSA) is 41.5 Å². The Morgan fingerprint density at radius 3 is 2.62 bits per heavy atom. The molecular formula is C13H25NO2. The van der Waals surface area contributed by atoms with Crippen LogP contribution in [-0.4, -0.2) is 37.0 Å². The highest BCUT2D eigenvalue weighted by Crippen LogP contribution is 2.25. The Kier molecular flexibility index (Phi) is 4.62. The van der Waals surface area contributed by atoms with E-state index in [0.29, 0.717) is 12.0 Å². The van der Waals surface area contributed by atoms with E-state index in [1.807, 2.05) is 0 Å². The number of aliphatic hydroxyl groups is 1. The van der Waals surface area contributed by atoms with Crippen LogP contribution >= 0.6 is 0 Å². The van der Waals surface area contributed by atoms with Crippen molar-refractivity contribution in [1.82, 2.24) is 5.32 Å². The number of rotatable bonds is 4. The van der Waals surface area contributed by atoms with Gasteiger partial charge in [-0.3, -0.25) is 0 Å². The maximum Gasteiger partial charge on any atom is 0.0694 e. The van der Waals surface area contributed by atoms with Crippen LogP contribution in [0.25, 0.3) is 0 Å². The second kappa shape index (κ2) is 5.99. The Morgan fingerprint density at radius 2 is 2.00 bits per heavy atom. The van der Waals surface area contributed by atoms with E-state index in [-0.39, 0.29) is 6.10 Å². The molecule has 2 N–H and O–H groups in total. The van der Waals surface area contributed by atoms with Gasteiger partial charge in [0.15, 0.2) is 0 Å². The molecule has 1 aliphatic heterocycles. The Hall–Kier alpha value is -0.120. The van der Waals surface area contributed by atoms with Gasteiger partial charge in [0, 0.05) is 25.8 Å². The second-order valence-corrected chi connectivity index (χ2v) is 5.54. The molecule has 1 aliphatic carbocycles. The number of ether oxygens (including phenoxy) is 1. The standard InChI is InChI=1S/C13H25NO2/c1-10-2-3-12(8-10)14-9-13(15)11-4-6-16-7-5-11/h10-15H,2-9H2,1H3. The van der Waals surface area contributed by atoms with E-state index in [1.54, 1.807) is 0 Å². The largest absolute Gasteiger partial charge is 0.392 e. The molecule has 2 aliphatic rings. The molecule has 2 rings (SSSR count). The molecule has 3 unspecified atom stereocenters. The predicted molar refractivity (Wildman–Crippen MR) is 64.4 cm³/mol. The first-order valence-electron chi connectivity index (χ1n) is 6.75. The summed E-state index contributed by atoms with van der Waals surface area (Å²) in [6.45, 7) is 4.73. The van der Waals surface area contributed by atoms with Crippen LogP contribution in [0.4, 0.5) is 0 Å². The van der Waals surface area contributed by atoms with Crippen LogP contribution in [0.2, 0.25) is 0 Å². The molecule has 0 spiro atoms. The molecule has 0 aromatic carbocycles. The molecule has 0 amide bonds. The van der Waals surface area contributed by atoms with Crippen molar-refractivity contribution in [3.63, 3.8) is 0 Å². The highest BCUT2D eigenvalue weighted by atomic mass is 16.5. The van der Waals surface area contributed by atoms with Crippen molar-refractivity contribution >= 4 is 0 Å².